The summed E-state index contributed by atoms with van der Waals surface area (Å²) in [6, 6.07) is -0.312. The molecule has 1 atom stereocenters. The lowest BCUT2D eigenvalue weighted by molar-refractivity contribution is -0.131. The van der Waals surface area contributed by atoms with Gasteiger partial charge in [0.2, 0.25) is 15.9 Å². The van der Waals surface area contributed by atoms with Gasteiger partial charge in [0.25, 0.3) is 0 Å². The third-order valence-corrected chi connectivity index (χ3v) is 7.00. The van der Waals surface area contributed by atoms with E-state index in [2.05, 4.69) is 0 Å². The van der Waals surface area contributed by atoms with Crippen LogP contribution in [0.5, 0.6) is 0 Å². The standard InChI is InChI=1S/C13H26N2O6S2/c1-14(12-6-10-23(19,20)11-12)13(16)5-8-15(22(3,17)18)7-4-9-21-2/h12H,4-11H2,1-3H3. The summed E-state index contributed by atoms with van der Waals surface area (Å²) in [4.78, 5) is 13.6. The Kier molecular flexibility index (Phi) is 7.43. The van der Waals surface area contributed by atoms with E-state index in [1.807, 2.05) is 0 Å². The zero-order chi connectivity index (χ0) is 17.7. The van der Waals surface area contributed by atoms with Crippen molar-refractivity contribution in [3.05, 3.63) is 0 Å². The average molecular weight is 370 g/mol. The Morgan fingerprint density at radius 2 is 1.96 bits per heavy atom. The summed E-state index contributed by atoms with van der Waals surface area (Å²) in [5.41, 5.74) is 0. The lowest BCUT2D eigenvalue weighted by atomic mass is 10.2. The highest BCUT2D eigenvalue weighted by Crippen LogP contribution is 2.17. The molecule has 1 aliphatic heterocycles. The first-order valence-corrected chi connectivity index (χ1v) is 11.1. The zero-order valence-corrected chi connectivity index (χ0v) is 15.5. The summed E-state index contributed by atoms with van der Waals surface area (Å²) in [6.07, 6.45) is 2.13. The van der Waals surface area contributed by atoms with Gasteiger partial charge in [0.15, 0.2) is 9.84 Å². The number of hydrogen-bond acceptors (Lipinski definition) is 6. The minimum Gasteiger partial charge on any atom is -0.385 e. The van der Waals surface area contributed by atoms with Crippen LogP contribution in [0.3, 0.4) is 0 Å². The minimum atomic E-state index is -3.39. The van der Waals surface area contributed by atoms with Crippen LogP contribution in [0.25, 0.3) is 0 Å². The smallest absolute Gasteiger partial charge is 0.223 e. The maximum Gasteiger partial charge on any atom is 0.223 e. The Morgan fingerprint density at radius 1 is 1.30 bits per heavy atom. The number of carbonyl (C=O) groups is 1. The number of ether oxygens (including phenoxy) is 1. The number of sulfonamides is 1. The van der Waals surface area contributed by atoms with Crippen LogP contribution in [0.2, 0.25) is 0 Å². The number of methoxy groups -OCH3 is 1. The molecule has 0 aliphatic carbocycles. The molecule has 0 spiro atoms. The molecule has 136 valence electrons. The molecule has 1 rings (SSSR count). The second-order valence-electron chi connectivity index (χ2n) is 5.82. The molecule has 10 heteroatoms. The Bertz CT molecular complexity index is 602. The Hall–Kier alpha value is -0.710. The molecule has 1 aliphatic rings. The van der Waals surface area contributed by atoms with Gasteiger partial charge in [0, 0.05) is 46.3 Å². The van der Waals surface area contributed by atoms with E-state index in [0.29, 0.717) is 26.0 Å². The molecule has 0 bridgehead atoms. The van der Waals surface area contributed by atoms with Crippen LogP contribution >= 0.6 is 0 Å². The molecule has 1 saturated heterocycles. The van der Waals surface area contributed by atoms with E-state index in [4.69, 9.17) is 4.74 Å². The van der Waals surface area contributed by atoms with E-state index in [1.165, 1.54) is 9.21 Å². The van der Waals surface area contributed by atoms with E-state index < -0.39 is 19.9 Å². The van der Waals surface area contributed by atoms with Gasteiger partial charge in [0.1, 0.15) is 0 Å². The molecule has 0 radical (unpaired) electrons. The van der Waals surface area contributed by atoms with Crippen molar-refractivity contribution in [2.75, 3.05) is 51.6 Å². The van der Waals surface area contributed by atoms with Crippen molar-refractivity contribution in [3.63, 3.8) is 0 Å². The molecule has 1 fully saturated rings. The largest absolute Gasteiger partial charge is 0.385 e. The number of nitrogens with zero attached hydrogens (tertiary/aromatic N) is 2. The SMILES string of the molecule is COCCCN(CCC(=O)N(C)C1CCS(=O)(=O)C1)S(C)(=O)=O. The van der Waals surface area contributed by atoms with E-state index in [0.717, 1.165) is 6.26 Å². The molecule has 8 nitrogen and oxygen atoms in total. The molecule has 1 amide bonds. The molecule has 0 aromatic rings. The van der Waals surface area contributed by atoms with Gasteiger partial charge >= 0.3 is 0 Å². The van der Waals surface area contributed by atoms with Gasteiger partial charge in [-0.2, -0.15) is 0 Å². The van der Waals surface area contributed by atoms with Gasteiger partial charge in [0.05, 0.1) is 17.8 Å². The number of sulfone groups is 1. The Balaban J connectivity index is 2.54. The first-order chi connectivity index (χ1) is 10.6. The van der Waals surface area contributed by atoms with Crippen LogP contribution in [-0.4, -0.2) is 89.6 Å². The molecule has 23 heavy (non-hydrogen) atoms. The number of amides is 1. The van der Waals surface area contributed by atoms with Gasteiger partial charge < -0.3 is 9.64 Å². The summed E-state index contributed by atoms with van der Waals surface area (Å²) in [5, 5.41) is 0. The fraction of sp³-hybridized carbons (Fsp3) is 0.923. The second kappa shape index (κ2) is 8.41. The molecular formula is C13H26N2O6S2. The summed E-state index contributed by atoms with van der Waals surface area (Å²) < 4.78 is 52.6. The van der Waals surface area contributed by atoms with Crippen molar-refractivity contribution in [2.45, 2.75) is 25.3 Å². The lowest BCUT2D eigenvalue weighted by Crippen LogP contribution is -2.40. The topological polar surface area (TPSA) is 101 Å². The molecular weight excluding hydrogens is 344 g/mol. The van der Waals surface area contributed by atoms with Crippen molar-refractivity contribution in [1.82, 2.24) is 9.21 Å². The van der Waals surface area contributed by atoms with Crippen molar-refractivity contribution < 1.29 is 26.4 Å². The monoisotopic (exact) mass is 370 g/mol. The predicted molar refractivity (Wildman–Crippen MR) is 87.4 cm³/mol. The zero-order valence-electron chi connectivity index (χ0n) is 13.9. The van der Waals surface area contributed by atoms with Crippen molar-refractivity contribution >= 4 is 25.8 Å². The quantitative estimate of drug-likeness (QED) is 0.499. The van der Waals surface area contributed by atoms with Crippen molar-refractivity contribution in [1.29, 1.82) is 0 Å². The summed E-state index contributed by atoms with van der Waals surface area (Å²) in [7, 11) is -3.34. The van der Waals surface area contributed by atoms with Gasteiger partial charge in [-0.15, -0.1) is 0 Å². The van der Waals surface area contributed by atoms with Crippen LogP contribution in [0.1, 0.15) is 19.3 Å². The molecule has 0 aromatic carbocycles. The molecule has 1 unspecified atom stereocenters. The predicted octanol–water partition coefficient (Wildman–Crippen LogP) is -0.680. The van der Waals surface area contributed by atoms with E-state index >= 15 is 0 Å². The van der Waals surface area contributed by atoms with Crippen LogP contribution in [0.15, 0.2) is 0 Å². The number of hydrogen-bond donors (Lipinski definition) is 0. The van der Waals surface area contributed by atoms with Crippen LogP contribution in [0, 0.1) is 0 Å². The first kappa shape index (κ1) is 20.3. The highest BCUT2D eigenvalue weighted by Gasteiger charge is 2.32. The summed E-state index contributed by atoms with van der Waals surface area (Å²) in [6.45, 7) is 0.826. The normalized spacial score (nSPS) is 20.8. The average Bonchev–Trinajstić information content (AvgIpc) is 2.80. The number of rotatable bonds is 9. The third-order valence-electron chi connectivity index (χ3n) is 3.95. The molecule has 0 aromatic heterocycles. The van der Waals surface area contributed by atoms with E-state index in [-0.39, 0.29) is 36.4 Å². The fourth-order valence-electron chi connectivity index (χ4n) is 2.51. The van der Waals surface area contributed by atoms with Crippen LogP contribution < -0.4 is 0 Å². The lowest BCUT2D eigenvalue weighted by Gasteiger charge is -2.25. The van der Waals surface area contributed by atoms with Gasteiger partial charge in [-0.25, -0.2) is 21.1 Å². The maximum atomic E-state index is 12.2. The van der Waals surface area contributed by atoms with Crippen LogP contribution in [-0.2, 0) is 29.4 Å². The summed E-state index contributed by atoms with van der Waals surface area (Å²) >= 11 is 0. The highest BCUT2D eigenvalue weighted by atomic mass is 32.2. The maximum absolute atomic E-state index is 12.2. The number of carbonyl (C=O) groups excluding carboxylic acids is 1. The first-order valence-electron chi connectivity index (χ1n) is 7.47. The van der Waals surface area contributed by atoms with Crippen LogP contribution in [0.4, 0.5) is 0 Å². The highest BCUT2D eigenvalue weighted by molar-refractivity contribution is 7.91. The second-order valence-corrected chi connectivity index (χ2v) is 10.0. The molecule has 0 N–H and O–H groups in total. The van der Waals surface area contributed by atoms with E-state index in [1.54, 1.807) is 14.2 Å². The molecule has 0 saturated carbocycles. The Morgan fingerprint density at radius 3 is 2.43 bits per heavy atom. The third kappa shape index (κ3) is 6.74. The molecule has 1 heterocycles. The van der Waals surface area contributed by atoms with Crippen molar-refractivity contribution in [2.24, 2.45) is 0 Å². The summed E-state index contributed by atoms with van der Waals surface area (Å²) in [5.74, 6) is -0.159. The van der Waals surface area contributed by atoms with Gasteiger partial charge in [-0.1, -0.05) is 0 Å². The van der Waals surface area contributed by atoms with Crippen molar-refractivity contribution in [3.8, 4) is 0 Å². The van der Waals surface area contributed by atoms with E-state index in [9.17, 15) is 21.6 Å². The Labute approximate surface area is 138 Å². The minimum absolute atomic E-state index is 0.0150. The van der Waals surface area contributed by atoms with Gasteiger partial charge in [-0.05, 0) is 12.8 Å². The van der Waals surface area contributed by atoms with Gasteiger partial charge in [-0.3, -0.25) is 4.79 Å². The fourth-order valence-corrected chi connectivity index (χ4v) is 5.17.